The Balaban J connectivity index is 0. The number of rotatable bonds is 8. The van der Waals surface area contributed by atoms with Crippen molar-refractivity contribution in [2.45, 2.75) is 13.3 Å². The van der Waals surface area contributed by atoms with Crippen LogP contribution < -0.4 is 0 Å². The highest BCUT2D eigenvalue weighted by Crippen LogP contribution is 1.97. The lowest BCUT2D eigenvalue weighted by Crippen LogP contribution is -2.13. The summed E-state index contributed by atoms with van der Waals surface area (Å²) in [5.74, 6) is -2.84. The highest BCUT2D eigenvalue weighted by Gasteiger charge is 2.05. The Hall–Kier alpha value is -1.76. The fraction of sp³-hybridized carbons (Fsp3) is 0.455. The molecule has 0 atom stereocenters. The topological polar surface area (TPSA) is 172 Å². The molecule has 0 aromatic carbocycles. The van der Waals surface area contributed by atoms with Crippen LogP contribution in [0.1, 0.15) is 13.3 Å². The molecule has 0 aliphatic rings. The van der Waals surface area contributed by atoms with E-state index < -0.39 is 43.7 Å². The van der Waals surface area contributed by atoms with Crippen LogP contribution in [-0.4, -0.2) is 61.1 Å². The largest absolute Gasteiger partial charge is 0.478 e. The number of carbonyl (C=O) groups is 2. The number of esters is 1. The van der Waals surface area contributed by atoms with Gasteiger partial charge < -0.3 is 9.84 Å². The van der Waals surface area contributed by atoms with Gasteiger partial charge in [-0.15, -0.1) is 0 Å². The van der Waals surface area contributed by atoms with Gasteiger partial charge in [-0.1, -0.05) is 12.7 Å². The van der Waals surface area contributed by atoms with Gasteiger partial charge in [0.15, 0.2) is 0 Å². The van der Waals surface area contributed by atoms with Crippen molar-refractivity contribution in [3.05, 3.63) is 24.3 Å². The molecule has 12 heteroatoms. The molecule has 0 unspecified atom stereocenters. The minimum atomic E-state index is -4.04. The second-order valence-corrected chi connectivity index (χ2v) is 7.07. The summed E-state index contributed by atoms with van der Waals surface area (Å²) in [6.45, 7) is 4.09. The first-order valence-corrected chi connectivity index (χ1v) is 9.10. The normalized spacial score (nSPS) is 11.9. The van der Waals surface area contributed by atoms with Crippen LogP contribution in [-0.2, 0) is 34.6 Å². The number of carboxylic acids is 1. The maximum absolute atomic E-state index is 10.3. The fourth-order valence-electron chi connectivity index (χ4n) is 0.818. The summed E-state index contributed by atoms with van der Waals surface area (Å²) in [5, 5.41) is 8.33. The summed E-state index contributed by atoms with van der Waals surface area (Å²) in [7, 11) is -8.02. The van der Waals surface area contributed by atoms with E-state index in [4.69, 9.17) is 14.2 Å². The molecule has 23 heavy (non-hydrogen) atoms. The van der Waals surface area contributed by atoms with Gasteiger partial charge in [0.25, 0.3) is 20.2 Å². The molecule has 3 N–H and O–H groups in total. The van der Waals surface area contributed by atoms with Crippen molar-refractivity contribution in [2.75, 3.05) is 18.1 Å². The summed E-state index contributed by atoms with van der Waals surface area (Å²) in [4.78, 5) is 20.5. The first-order chi connectivity index (χ1) is 10.3. The number of carbonyl (C=O) groups excluding carboxylic acids is 1. The molecular formula is C11H18O10S2. The van der Waals surface area contributed by atoms with Gasteiger partial charge in [0, 0.05) is 11.6 Å². The molecule has 0 rings (SSSR count). The van der Waals surface area contributed by atoms with Crippen molar-refractivity contribution < 1.29 is 45.4 Å². The van der Waals surface area contributed by atoms with E-state index in [9.17, 15) is 26.4 Å². The van der Waals surface area contributed by atoms with Crippen molar-refractivity contribution in [1.29, 1.82) is 0 Å². The van der Waals surface area contributed by atoms with Gasteiger partial charge in [-0.25, -0.2) is 9.59 Å². The van der Waals surface area contributed by atoms with Crippen LogP contribution in [0, 0.1) is 0 Å². The molecule has 0 aromatic heterocycles. The molecule has 0 bridgehead atoms. The number of hydrogen-bond donors (Lipinski definition) is 3. The maximum atomic E-state index is 10.3. The molecule has 0 aliphatic carbocycles. The standard InChI is InChI=1S/C6H10O5S.C5H8O5S/c1-5(6(7)8)3-2-4-12(9,10)11;1-2-5(6)10-3-4-11(7,8)9/h3H,2,4H2,1H3,(H,7,8)(H,9,10,11);2H,1,3-4H2,(H,7,8,9). The van der Waals surface area contributed by atoms with E-state index in [0.717, 1.165) is 6.08 Å². The highest BCUT2D eigenvalue weighted by atomic mass is 32.2. The molecule has 0 spiro atoms. The number of hydrogen-bond acceptors (Lipinski definition) is 7. The molecule has 0 aromatic rings. The highest BCUT2D eigenvalue weighted by molar-refractivity contribution is 7.86. The van der Waals surface area contributed by atoms with E-state index >= 15 is 0 Å². The first kappa shape index (κ1) is 23.5. The van der Waals surface area contributed by atoms with Crippen molar-refractivity contribution in [1.82, 2.24) is 0 Å². The third-order valence-electron chi connectivity index (χ3n) is 1.92. The van der Waals surface area contributed by atoms with E-state index in [2.05, 4.69) is 11.3 Å². The summed E-state index contributed by atoms with van der Waals surface area (Å²) in [5.41, 5.74) is 0.0682. The maximum Gasteiger partial charge on any atom is 0.330 e. The summed E-state index contributed by atoms with van der Waals surface area (Å²) in [6.07, 6.45) is 2.16. The molecule has 0 amide bonds. The number of allylic oxidation sites excluding steroid dienone is 1. The number of ether oxygens (including phenoxy) is 1. The van der Waals surface area contributed by atoms with Crippen molar-refractivity contribution in [3.63, 3.8) is 0 Å². The SMILES string of the molecule is C=CC(=O)OCCS(=O)(=O)O.CC(=CCCS(=O)(=O)O)C(=O)O. The minimum Gasteiger partial charge on any atom is -0.478 e. The molecule has 0 saturated carbocycles. The third-order valence-corrected chi connectivity index (χ3v) is 3.35. The van der Waals surface area contributed by atoms with Crippen LogP contribution in [0.25, 0.3) is 0 Å². The Morgan fingerprint density at radius 1 is 1.09 bits per heavy atom. The quantitative estimate of drug-likeness (QED) is 0.296. The van der Waals surface area contributed by atoms with Crippen LogP contribution >= 0.6 is 0 Å². The zero-order chi connectivity index (χ0) is 18.7. The van der Waals surface area contributed by atoms with Crippen LogP contribution in [0.5, 0.6) is 0 Å². The van der Waals surface area contributed by atoms with E-state index in [1.54, 1.807) is 0 Å². The average molecular weight is 374 g/mol. The van der Waals surface area contributed by atoms with Gasteiger partial charge >= 0.3 is 11.9 Å². The molecule has 10 nitrogen and oxygen atoms in total. The Morgan fingerprint density at radius 3 is 1.91 bits per heavy atom. The third kappa shape index (κ3) is 20.2. The van der Waals surface area contributed by atoms with Gasteiger partial charge in [-0.3, -0.25) is 9.11 Å². The van der Waals surface area contributed by atoms with Crippen molar-refractivity contribution in [3.8, 4) is 0 Å². The van der Waals surface area contributed by atoms with E-state index in [0.29, 0.717) is 0 Å². The molecule has 0 saturated heterocycles. The average Bonchev–Trinajstić information content (AvgIpc) is 2.36. The Morgan fingerprint density at radius 2 is 1.57 bits per heavy atom. The van der Waals surface area contributed by atoms with Crippen LogP contribution in [0.3, 0.4) is 0 Å². The van der Waals surface area contributed by atoms with E-state index in [1.165, 1.54) is 13.0 Å². The molecule has 0 fully saturated rings. The smallest absolute Gasteiger partial charge is 0.330 e. The van der Waals surface area contributed by atoms with Crippen LogP contribution in [0.15, 0.2) is 24.3 Å². The second-order valence-electron chi connectivity index (χ2n) is 3.92. The van der Waals surface area contributed by atoms with Gasteiger partial charge in [0.2, 0.25) is 0 Å². The fourth-order valence-corrected chi connectivity index (χ4v) is 1.53. The predicted molar refractivity (Wildman–Crippen MR) is 80.0 cm³/mol. The minimum absolute atomic E-state index is 0.0109. The van der Waals surface area contributed by atoms with Crippen molar-refractivity contribution in [2.24, 2.45) is 0 Å². The summed E-state index contributed by atoms with van der Waals surface area (Å²) >= 11 is 0. The van der Waals surface area contributed by atoms with Gasteiger partial charge in [-0.2, -0.15) is 16.8 Å². The predicted octanol–water partition coefficient (Wildman–Crippen LogP) is -0.101. The van der Waals surface area contributed by atoms with E-state index in [-0.39, 0.29) is 18.6 Å². The second kappa shape index (κ2) is 10.9. The first-order valence-electron chi connectivity index (χ1n) is 5.88. The van der Waals surface area contributed by atoms with Crippen LogP contribution in [0.4, 0.5) is 0 Å². The lowest BCUT2D eigenvalue weighted by molar-refractivity contribution is -0.137. The lowest BCUT2D eigenvalue weighted by Gasteiger charge is -1.97. The van der Waals surface area contributed by atoms with Crippen molar-refractivity contribution >= 4 is 32.2 Å². The van der Waals surface area contributed by atoms with Crippen LogP contribution in [0.2, 0.25) is 0 Å². The Labute approximate surface area is 134 Å². The molecular weight excluding hydrogens is 356 g/mol. The Kier molecular flexibility index (Phi) is 11.1. The molecule has 0 aliphatic heterocycles. The number of carboxylic acid groups (broad SMARTS) is 1. The summed E-state index contributed by atoms with van der Waals surface area (Å²) in [6, 6.07) is 0. The van der Waals surface area contributed by atoms with Gasteiger partial charge in [-0.05, 0) is 13.3 Å². The monoisotopic (exact) mass is 374 g/mol. The zero-order valence-corrected chi connectivity index (χ0v) is 13.8. The van der Waals surface area contributed by atoms with Gasteiger partial charge in [0.1, 0.15) is 12.4 Å². The Bertz CT molecular complexity index is 642. The molecule has 0 heterocycles. The zero-order valence-electron chi connectivity index (χ0n) is 12.2. The molecule has 0 radical (unpaired) electrons. The lowest BCUT2D eigenvalue weighted by atomic mass is 10.2. The van der Waals surface area contributed by atoms with E-state index in [1.807, 2.05) is 0 Å². The summed E-state index contributed by atoms with van der Waals surface area (Å²) < 4.78 is 61.1. The van der Waals surface area contributed by atoms with Gasteiger partial charge in [0.05, 0.1) is 5.75 Å². The number of aliphatic carboxylic acids is 1. The molecule has 134 valence electrons.